The van der Waals surface area contributed by atoms with Crippen LogP contribution in [-0.2, 0) is 10.0 Å². The number of nitrogens with zero attached hydrogens (tertiary/aromatic N) is 3. The smallest absolute Gasteiger partial charge is 0.253 e. The van der Waals surface area contributed by atoms with Gasteiger partial charge in [-0.25, -0.2) is 12.8 Å². The second-order valence-corrected chi connectivity index (χ2v) is 8.78. The summed E-state index contributed by atoms with van der Waals surface area (Å²) in [5.41, 5.74) is 0.994. The molecule has 1 saturated heterocycles. The zero-order chi connectivity index (χ0) is 21.0. The van der Waals surface area contributed by atoms with Gasteiger partial charge < -0.3 is 9.80 Å². The highest BCUT2D eigenvalue weighted by Gasteiger charge is 2.25. The number of benzene rings is 2. The minimum Gasteiger partial charge on any atom is -0.366 e. The van der Waals surface area contributed by atoms with Crippen molar-refractivity contribution in [2.24, 2.45) is 0 Å². The number of amides is 1. The maximum atomic E-state index is 14.0. The van der Waals surface area contributed by atoms with Gasteiger partial charge in [-0.05, 0) is 36.4 Å². The van der Waals surface area contributed by atoms with E-state index in [1.54, 1.807) is 49.1 Å². The third-order valence-corrected chi connectivity index (χ3v) is 7.27. The Bertz CT molecular complexity index is 951. The Morgan fingerprint density at radius 2 is 1.55 bits per heavy atom. The van der Waals surface area contributed by atoms with Crippen LogP contribution < -0.4 is 4.90 Å². The van der Waals surface area contributed by atoms with Gasteiger partial charge in [0.05, 0.1) is 10.6 Å². The largest absolute Gasteiger partial charge is 0.366 e. The van der Waals surface area contributed by atoms with Gasteiger partial charge in [0.25, 0.3) is 5.91 Å². The van der Waals surface area contributed by atoms with Crippen LogP contribution in [0.15, 0.2) is 53.4 Å². The molecule has 0 N–H and O–H groups in total. The average molecular weight is 420 g/mol. The first-order valence-corrected chi connectivity index (χ1v) is 11.2. The molecule has 1 heterocycles. The van der Waals surface area contributed by atoms with Crippen LogP contribution in [0.1, 0.15) is 24.2 Å². The van der Waals surface area contributed by atoms with E-state index in [0.717, 1.165) is 0 Å². The zero-order valence-corrected chi connectivity index (χ0v) is 17.5. The van der Waals surface area contributed by atoms with Crippen molar-refractivity contribution in [1.82, 2.24) is 9.21 Å². The number of carbonyl (C=O) groups excluding carboxylic acids is 1. The molecule has 0 aliphatic carbocycles. The Kier molecular flexibility index (Phi) is 6.54. The van der Waals surface area contributed by atoms with Gasteiger partial charge in [0.1, 0.15) is 5.82 Å². The number of hydrogen-bond acceptors (Lipinski definition) is 4. The van der Waals surface area contributed by atoms with Crippen molar-refractivity contribution in [3.63, 3.8) is 0 Å². The fourth-order valence-corrected chi connectivity index (χ4v) is 4.98. The number of para-hydroxylation sites is 1. The summed E-state index contributed by atoms with van der Waals surface area (Å²) < 4.78 is 40.5. The van der Waals surface area contributed by atoms with Crippen molar-refractivity contribution in [2.45, 2.75) is 18.7 Å². The molecule has 0 spiro atoms. The molecular formula is C21H26FN3O3S. The van der Waals surface area contributed by atoms with E-state index in [1.807, 2.05) is 4.90 Å². The summed E-state index contributed by atoms with van der Waals surface area (Å²) in [4.78, 5) is 16.6. The van der Waals surface area contributed by atoms with E-state index >= 15 is 0 Å². The third-order valence-electron chi connectivity index (χ3n) is 5.20. The molecule has 0 unspecified atom stereocenters. The number of carbonyl (C=O) groups is 1. The number of hydrogen-bond donors (Lipinski definition) is 0. The first-order chi connectivity index (χ1) is 13.9. The van der Waals surface area contributed by atoms with E-state index in [4.69, 9.17) is 0 Å². The fourth-order valence-electron chi connectivity index (χ4n) is 3.52. The topological polar surface area (TPSA) is 60.9 Å². The van der Waals surface area contributed by atoms with Gasteiger partial charge in [-0.15, -0.1) is 0 Å². The molecule has 1 fully saturated rings. The Morgan fingerprint density at radius 3 is 2.10 bits per heavy atom. The standard InChI is InChI=1S/C21H26FN3O3S/c1-3-25(4-2)29(27,28)18-11-9-17(10-12-18)21(26)24-15-13-23(14-16-24)20-8-6-5-7-19(20)22/h5-12H,3-4,13-16H2,1-2H3. The monoisotopic (exact) mass is 419 g/mol. The van der Waals surface area contributed by atoms with E-state index in [0.29, 0.717) is 50.5 Å². The van der Waals surface area contributed by atoms with E-state index in [1.165, 1.54) is 22.5 Å². The van der Waals surface area contributed by atoms with Crippen molar-refractivity contribution in [2.75, 3.05) is 44.2 Å². The summed E-state index contributed by atoms with van der Waals surface area (Å²) in [7, 11) is -3.54. The second-order valence-electron chi connectivity index (χ2n) is 6.84. The van der Waals surface area contributed by atoms with E-state index < -0.39 is 10.0 Å². The van der Waals surface area contributed by atoms with Gasteiger partial charge in [0.15, 0.2) is 0 Å². The van der Waals surface area contributed by atoms with Crippen molar-refractivity contribution in [3.05, 3.63) is 59.9 Å². The van der Waals surface area contributed by atoms with E-state index in [2.05, 4.69) is 0 Å². The highest BCUT2D eigenvalue weighted by Crippen LogP contribution is 2.21. The van der Waals surface area contributed by atoms with Gasteiger partial charge in [-0.1, -0.05) is 26.0 Å². The van der Waals surface area contributed by atoms with E-state index in [9.17, 15) is 17.6 Å². The molecule has 1 aliphatic heterocycles. The summed E-state index contributed by atoms with van der Waals surface area (Å²) in [6.07, 6.45) is 0. The molecule has 0 bridgehead atoms. The molecule has 0 radical (unpaired) electrons. The minimum atomic E-state index is -3.54. The summed E-state index contributed by atoms with van der Waals surface area (Å²) in [6, 6.07) is 12.7. The molecule has 0 aromatic heterocycles. The van der Waals surface area contributed by atoms with Gasteiger partial charge in [-0.3, -0.25) is 4.79 Å². The third kappa shape index (κ3) is 4.43. The number of halogens is 1. The normalized spacial score (nSPS) is 15.0. The average Bonchev–Trinajstić information content (AvgIpc) is 2.74. The van der Waals surface area contributed by atoms with Crippen LogP contribution in [0.4, 0.5) is 10.1 Å². The molecule has 29 heavy (non-hydrogen) atoms. The van der Waals surface area contributed by atoms with Crippen molar-refractivity contribution < 1.29 is 17.6 Å². The summed E-state index contributed by atoms with van der Waals surface area (Å²) in [6.45, 7) is 6.42. The lowest BCUT2D eigenvalue weighted by atomic mass is 10.1. The Morgan fingerprint density at radius 1 is 0.966 bits per heavy atom. The highest BCUT2D eigenvalue weighted by molar-refractivity contribution is 7.89. The zero-order valence-electron chi connectivity index (χ0n) is 16.7. The lowest BCUT2D eigenvalue weighted by Gasteiger charge is -2.36. The van der Waals surface area contributed by atoms with Crippen LogP contribution in [0.2, 0.25) is 0 Å². The maximum absolute atomic E-state index is 14.0. The molecule has 2 aromatic rings. The predicted octanol–water partition coefficient (Wildman–Crippen LogP) is 2.82. The van der Waals surface area contributed by atoms with Gasteiger partial charge in [0.2, 0.25) is 10.0 Å². The first kappa shape index (κ1) is 21.3. The Balaban J connectivity index is 1.67. The second kappa shape index (κ2) is 8.92. The quantitative estimate of drug-likeness (QED) is 0.723. The number of rotatable bonds is 6. The highest BCUT2D eigenvalue weighted by atomic mass is 32.2. The maximum Gasteiger partial charge on any atom is 0.253 e. The van der Waals surface area contributed by atoms with Gasteiger partial charge in [0, 0.05) is 44.8 Å². The van der Waals surface area contributed by atoms with Crippen molar-refractivity contribution >= 4 is 21.6 Å². The molecule has 0 saturated carbocycles. The molecular weight excluding hydrogens is 393 g/mol. The number of sulfonamides is 1. The molecule has 2 aromatic carbocycles. The van der Waals surface area contributed by atoms with Crippen LogP contribution in [0.5, 0.6) is 0 Å². The van der Waals surface area contributed by atoms with Crippen LogP contribution in [-0.4, -0.2) is 62.8 Å². The Labute approximate surface area is 171 Å². The van der Waals surface area contributed by atoms with Crippen LogP contribution in [0.25, 0.3) is 0 Å². The summed E-state index contributed by atoms with van der Waals surface area (Å²) in [5, 5.41) is 0. The first-order valence-electron chi connectivity index (χ1n) is 9.77. The number of anilines is 1. The van der Waals surface area contributed by atoms with Crippen LogP contribution in [0, 0.1) is 5.82 Å². The van der Waals surface area contributed by atoms with Crippen molar-refractivity contribution in [3.8, 4) is 0 Å². The predicted molar refractivity (Wildman–Crippen MR) is 111 cm³/mol. The molecule has 8 heteroatoms. The lowest BCUT2D eigenvalue weighted by Crippen LogP contribution is -2.49. The fraction of sp³-hybridized carbons (Fsp3) is 0.381. The Hall–Kier alpha value is -2.45. The van der Waals surface area contributed by atoms with Crippen molar-refractivity contribution in [1.29, 1.82) is 0 Å². The number of piperazine rings is 1. The molecule has 6 nitrogen and oxygen atoms in total. The van der Waals surface area contributed by atoms with Crippen LogP contribution in [0.3, 0.4) is 0 Å². The van der Waals surface area contributed by atoms with E-state index in [-0.39, 0.29) is 16.6 Å². The molecule has 0 atom stereocenters. The molecule has 1 amide bonds. The SMILES string of the molecule is CCN(CC)S(=O)(=O)c1ccc(C(=O)N2CCN(c3ccccc3F)CC2)cc1. The molecule has 1 aliphatic rings. The summed E-state index contributed by atoms with van der Waals surface area (Å²) >= 11 is 0. The van der Waals surface area contributed by atoms with Gasteiger partial charge in [-0.2, -0.15) is 4.31 Å². The lowest BCUT2D eigenvalue weighted by molar-refractivity contribution is 0.0746. The van der Waals surface area contributed by atoms with Gasteiger partial charge >= 0.3 is 0 Å². The minimum absolute atomic E-state index is 0.148. The molecule has 156 valence electrons. The van der Waals surface area contributed by atoms with Crippen LogP contribution >= 0.6 is 0 Å². The summed E-state index contributed by atoms with van der Waals surface area (Å²) in [5.74, 6) is -0.415. The molecule has 3 rings (SSSR count).